The summed E-state index contributed by atoms with van der Waals surface area (Å²) >= 11 is 0. The van der Waals surface area contributed by atoms with Crippen molar-refractivity contribution in [2.75, 3.05) is 20.2 Å². The molecule has 0 aromatic carbocycles. The molecule has 1 amide bonds. The topological polar surface area (TPSA) is 107 Å². The van der Waals surface area contributed by atoms with Crippen molar-refractivity contribution in [3.63, 3.8) is 0 Å². The van der Waals surface area contributed by atoms with E-state index in [0.29, 0.717) is 47.7 Å². The van der Waals surface area contributed by atoms with E-state index in [2.05, 4.69) is 15.3 Å². The van der Waals surface area contributed by atoms with Crippen LogP contribution in [0.25, 0.3) is 11.5 Å². The number of nitrogens with zero attached hydrogens (tertiary/aromatic N) is 5. The molecule has 1 unspecified atom stereocenters. The predicted octanol–water partition coefficient (Wildman–Crippen LogP) is 3.55. The molecule has 1 aliphatic carbocycles. The molecule has 1 saturated heterocycles. The van der Waals surface area contributed by atoms with Crippen LogP contribution >= 0.6 is 0 Å². The molecule has 1 saturated carbocycles. The summed E-state index contributed by atoms with van der Waals surface area (Å²) < 4.78 is 16.2. The Hall–Kier alpha value is -3.07. The number of likely N-dealkylation sites (tertiary alicyclic amines) is 1. The van der Waals surface area contributed by atoms with Gasteiger partial charge in [0.25, 0.3) is 11.8 Å². The molecule has 9 heteroatoms. The number of pyridine rings is 1. The quantitative estimate of drug-likeness (QED) is 0.552. The number of methoxy groups -OCH3 is 1. The SMILES string of the molecule is COCc1c(C(=O)N2CCCC(CC3CC3)(c3noc(-c4ccncc4)n3)C2)noc1C. The van der Waals surface area contributed by atoms with Gasteiger partial charge in [-0.25, -0.2) is 0 Å². The highest BCUT2D eigenvalue weighted by Gasteiger charge is 2.46. The van der Waals surface area contributed by atoms with Crippen LogP contribution in [0, 0.1) is 12.8 Å². The van der Waals surface area contributed by atoms with E-state index < -0.39 is 0 Å². The van der Waals surface area contributed by atoms with Gasteiger partial charge in [0.15, 0.2) is 11.5 Å². The highest BCUT2D eigenvalue weighted by atomic mass is 16.5. The van der Waals surface area contributed by atoms with Gasteiger partial charge in [-0.2, -0.15) is 4.98 Å². The van der Waals surface area contributed by atoms with Crippen molar-refractivity contribution in [1.82, 2.24) is 25.2 Å². The van der Waals surface area contributed by atoms with E-state index in [9.17, 15) is 4.79 Å². The van der Waals surface area contributed by atoms with E-state index in [1.54, 1.807) is 26.4 Å². The van der Waals surface area contributed by atoms with E-state index in [0.717, 1.165) is 24.8 Å². The lowest BCUT2D eigenvalue weighted by molar-refractivity contribution is 0.0593. The second-order valence-corrected chi connectivity index (χ2v) is 8.92. The summed E-state index contributed by atoms with van der Waals surface area (Å²) in [5.74, 6) is 2.28. The highest BCUT2D eigenvalue weighted by molar-refractivity contribution is 5.94. The molecular weight excluding hydrogens is 410 g/mol. The highest BCUT2D eigenvalue weighted by Crippen LogP contribution is 2.46. The van der Waals surface area contributed by atoms with Crippen LogP contribution in [0.5, 0.6) is 0 Å². The third-order valence-corrected chi connectivity index (χ3v) is 6.54. The van der Waals surface area contributed by atoms with Gasteiger partial charge in [-0.15, -0.1) is 0 Å². The standard InChI is InChI=1S/C23H27N5O4/c1-15-18(13-30-2)19(26-31-15)21(29)28-11-3-8-23(14-28,12-16-4-5-16)22-25-20(32-27-22)17-6-9-24-10-7-17/h6-7,9-10,16H,3-5,8,11-14H2,1-2H3. The van der Waals surface area contributed by atoms with Gasteiger partial charge in [-0.1, -0.05) is 23.2 Å². The Labute approximate surface area is 186 Å². The maximum atomic E-state index is 13.4. The van der Waals surface area contributed by atoms with E-state index in [-0.39, 0.29) is 17.9 Å². The summed E-state index contributed by atoms with van der Waals surface area (Å²) in [6, 6.07) is 3.71. The molecule has 1 aliphatic heterocycles. The van der Waals surface area contributed by atoms with Gasteiger partial charge in [-0.05, 0) is 44.2 Å². The Morgan fingerprint density at radius 1 is 1.25 bits per heavy atom. The summed E-state index contributed by atoms with van der Waals surface area (Å²) in [5, 5.41) is 8.43. The fourth-order valence-electron chi connectivity index (χ4n) is 4.69. The van der Waals surface area contributed by atoms with Crippen molar-refractivity contribution >= 4 is 5.91 Å². The zero-order valence-electron chi connectivity index (χ0n) is 18.4. The first-order valence-electron chi connectivity index (χ1n) is 11.1. The fraction of sp³-hybridized carbons (Fsp3) is 0.522. The smallest absolute Gasteiger partial charge is 0.276 e. The van der Waals surface area contributed by atoms with Gasteiger partial charge in [0.1, 0.15) is 5.76 Å². The van der Waals surface area contributed by atoms with Crippen LogP contribution in [0.2, 0.25) is 0 Å². The molecule has 2 aliphatic rings. The molecule has 4 heterocycles. The Morgan fingerprint density at radius 2 is 2.06 bits per heavy atom. The molecule has 3 aromatic heterocycles. The van der Waals surface area contributed by atoms with Crippen molar-refractivity contribution in [1.29, 1.82) is 0 Å². The van der Waals surface area contributed by atoms with Crippen molar-refractivity contribution in [3.05, 3.63) is 47.4 Å². The van der Waals surface area contributed by atoms with Gasteiger partial charge in [0, 0.05) is 38.2 Å². The Bertz CT molecular complexity index is 1090. The van der Waals surface area contributed by atoms with Crippen LogP contribution in [0.4, 0.5) is 0 Å². The summed E-state index contributed by atoms with van der Waals surface area (Å²) in [5.41, 5.74) is 1.54. The average molecular weight is 438 g/mol. The molecule has 2 fully saturated rings. The van der Waals surface area contributed by atoms with E-state index >= 15 is 0 Å². The number of carbonyl (C=O) groups is 1. The molecule has 9 nitrogen and oxygen atoms in total. The monoisotopic (exact) mass is 437 g/mol. The number of aromatic nitrogens is 4. The summed E-state index contributed by atoms with van der Waals surface area (Å²) in [6.07, 6.45) is 8.58. The lowest BCUT2D eigenvalue weighted by Crippen LogP contribution is -2.49. The number of carbonyl (C=O) groups excluding carboxylic acids is 1. The number of piperidine rings is 1. The Morgan fingerprint density at radius 3 is 2.81 bits per heavy atom. The maximum Gasteiger partial charge on any atom is 0.276 e. The summed E-state index contributed by atoms with van der Waals surface area (Å²) in [4.78, 5) is 24.1. The molecule has 32 heavy (non-hydrogen) atoms. The fourth-order valence-corrected chi connectivity index (χ4v) is 4.69. The van der Waals surface area contributed by atoms with Gasteiger partial charge < -0.3 is 18.7 Å². The van der Waals surface area contributed by atoms with E-state index in [4.69, 9.17) is 18.8 Å². The minimum atomic E-state index is -0.329. The number of hydrogen-bond donors (Lipinski definition) is 0. The van der Waals surface area contributed by atoms with Gasteiger partial charge >= 0.3 is 0 Å². The first-order valence-corrected chi connectivity index (χ1v) is 11.1. The first kappa shape index (κ1) is 20.8. The van der Waals surface area contributed by atoms with Gasteiger partial charge in [0.2, 0.25) is 0 Å². The molecule has 0 radical (unpaired) electrons. The zero-order valence-corrected chi connectivity index (χ0v) is 18.4. The predicted molar refractivity (Wildman–Crippen MR) is 114 cm³/mol. The third kappa shape index (κ3) is 3.92. The molecular formula is C23H27N5O4. The normalized spacial score (nSPS) is 21.1. The number of amides is 1. The van der Waals surface area contributed by atoms with Crippen LogP contribution in [0.15, 0.2) is 33.6 Å². The van der Waals surface area contributed by atoms with Crippen LogP contribution in [-0.4, -0.2) is 51.3 Å². The van der Waals surface area contributed by atoms with Crippen molar-refractivity contribution in [2.45, 2.75) is 51.0 Å². The first-order chi connectivity index (χ1) is 15.6. The molecule has 5 rings (SSSR count). The van der Waals surface area contributed by atoms with E-state index in [1.807, 2.05) is 17.0 Å². The second-order valence-electron chi connectivity index (χ2n) is 8.92. The van der Waals surface area contributed by atoms with Crippen molar-refractivity contribution in [3.8, 4) is 11.5 Å². The van der Waals surface area contributed by atoms with Crippen LogP contribution < -0.4 is 0 Å². The lowest BCUT2D eigenvalue weighted by atomic mass is 9.74. The van der Waals surface area contributed by atoms with Crippen LogP contribution in [-0.2, 0) is 16.8 Å². The zero-order chi connectivity index (χ0) is 22.1. The number of rotatable bonds is 7. The van der Waals surface area contributed by atoms with Crippen molar-refractivity contribution in [2.24, 2.45) is 5.92 Å². The third-order valence-electron chi connectivity index (χ3n) is 6.54. The van der Waals surface area contributed by atoms with Crippen LogP contribution in [0.1, 0.15) is 59.7 Å². The van der Waals surface area contributed by atoms with Crippen LogP contribution in [0.3, 0.4) is 0 Å². The lowest BCUT2D eigenvalue weighted by Gasteiger charge is -2.41. The number of hydrogen-bond acceptors (Lipinski definition) is 8. The van der Waals surface area contributed by atoms with Crippen molar-refractivity contribution < 1.29 is 18.6 Å². The number of ether oxygens (including phenoxy) is 1. The Balaban J connectivity index is 1.44. The largest absolute Gasteiger partial charge is 0.380 e. The average Bonchev–Trinajstić information content (AvgIpc) is 3.34. The second kappa shape index (κ2) is 8.46. The molecule has 168 valence electrons. The number of aryl methyl sites for hydroxylation is 1. The molecule has 1 atom stereocenters. The summed E-state index contributed by atoms with van der Waals surface area (Å²) in [7, 11) is 1.60. The molecule has 3 aromatic rings. The van der Waals surface area contributed by atoms with Gasteiger partial charge in [-0.3, -0.25) is 9.78 Å². The minimum Gasteiger partial charge on any atom is -0.380 e. The summed E-state index contributed by atoms with van der Waals surface area (Å²) in [6.45, 7) is 3.29. The Kier molecular flexibility index (Phi) is 5.50. The van der Waals surface area contributed by atoms with E-state index in [1.165, 1.54) is 12.8 Å². The maximum absolute atomic E-state index is 13.4. The molecule has 0 spiro atoms. The minimum absolute atomic E-state index is 0.133. The molecule has 0 N–H and O–H groups in total. The molecule has 0 bridgehead atoms. The van der Waals surface area contributed by atoms with Gasteiger partial charge in [0.05, 0.1) is 17.6 Å².